The third kappa shape index (κ3) is 2.45. The lowest BCUT2D eigenvalue weighted by atomic mass is 10.1. The predicted octanol–water partition coefficient (Wildman–Crippen LogP) is 4.57. The van der Waals surface area contributed by atoms with Crippen molar-refractivity contribution in [2.45, 2.75) is 52.8 Å². The molecule has 0 aromatic heterocycles. The van der Waals surface area contributed by atoms with Crippen molar-refractivity contribution < 1.29 is 0 Å². The Morgan fingerprint density at radius 2 is 1.65 bits per heavy atom. The van der Waals surface area contributed by atoms with E-state index in [4.69, 9.17) is 6.57 Å². The lowest BCUT2D eigenvalue weighted by Crippen LogP contribution is -2.49. The standard InChI is InChI=1S/C15H23NSi/c1-11-9-12(2)14(16-6)13(10-11)17(7,8)15(3,4)5/h9-10H,1-5,7-8H3. The molecule has 0 radical (unpaired) electrons. The van der Waals surface area contributed by atoms with Crippen molar-refractivity contribution in [3.05, 3.63) is 34.7 Å². The second kappa shape index (κ2) is 4.31. The van der Waals surface area contributed by atoms with Crippen LogP contribution in [0.15, 0.2) is 12.1 Å². The molecule has 0 saturated carbocycles. The van der Waals surface area contributed by atoms with E-state index < -0.39 is 8.07 Å². The van der Waals surface area contributed by atoms with E-state index in [1.807, 2.05) is 0 Å². The quantitative estimate of drug-likeness (QED) is 0.504. The Morgan fingerprint density at radius 1 is 1.12 bits per heavy atom. The highest BCUT2D eigenvalue weighted by molar-refractivity contribution is 6.93. The monoisotopic (exact) mass is 245 g/mol. The van der Waals surface area contributed by atoms with Crippen LogP contribution in [0.1, 0.15) is 31.9 Å². The van der Waals surface area contributed by atoms with Gasteiger partial charge in [-0.3, -0.25) is 0 Å². The zero-order valence-corrected chi connectivity index (χ0v) is 13.1. The maximum atomic E-state index is 7.43. The van der Waals surface area contributed by atoms with Gasteiger partial charge in [-0.15, -0.1) is 0 Å². The highest BCUT2D eigenvalue weighted by Gasteiger charge is 2.38. The van der Waals surface area contributed by atoms with E-state index in [-0.39, 0.29) is 5.04 Å². The zero-order chi connectivity index (χ0) is 13.4. The minimum Gasteiger partial charge on any atom is -0.238 e. The molecule has 0 fully saturated rings. The first-order chi connectivity index (χ1) is 7.61. The second-order valence-corrected chi connectivity index (χ2v) is 11.8. The number of hydrogen-bond donors (Lipinski definition) is 0. The molecule has 1 nitrogen and oxygen atoms in total. The molecule has 0 unspecified atom stereocenters. The summed E-state index contributed by atoms with van der Waals surface area (Å²) in [7, 11) is -1.62. The molecular weight excluding hydrogens is 222 g/mol. The van der Waals surface area contributed by atoms with E-state index >= 15 is 0 Å². The molecule has 0 amide bonds. The van der Waals surface area contributed by atoms with Crippen molar-refractivity contribution in [3.8, 4) is 0 Å². The van der Waals surface area contributed by atoms with Gasteiger partial charge in [-0.2, -0.15) is 0 Å². The van der Waals surface area contributed by atoms with Gasteiger partial charge in [-0.25, -0.2) is 4.85 Å². The van der Waals surface area contributed by atoms with Crippen molar-refractivity contribution >= 4 is 18.9 Å². The number of nitrogens with zero attached hydrogens (tertiary/aromatic N) is 1. The molecule has 0 N–H and O–H groups in total. The summed E-state index contributed by atoms with van der Waals surface area (Å²) >= 11 is 0. The maximum absolute atomic E-state index is 7.43. The average Bonchev–Trinajstić information content (AvgIpc) is 2.14. The van der Waals surface area contributed by atoms with Crippen LogP contribution in [0.25, 0.3) is 4.85 Å². The Kier molecular flexibility index (Phi) is 3.54. The van der Waals surface area contributed by atoms with E-state index in [0.29, 0.717) is 0 Å². The molecule has 0 aliphatic heterocycles. The minimum absolute atomic E-state index is 0.271. The minimum atomic E-state index is -1.62. The highest BCUT2D eigenvalue weighted by Crippen LogP contribution is 2.38. The van der Waals surface area contributed by atoms with E-state index in [1.165, 1.54) is 10.8 Å². The van der Waals surface area contributed by atoms with E-state index in [9.17, 15) is 0 Å². The smallest absolute Gasteiger partial charge is 0.189 e. The number of rotatable bonds is 1. The van der Waals surface area contributed by atoms with Gasteiger partial charge in [0, 0.05) is 0 Å². The lowest BCUT2D eigenvalue weighted by molar-refractivity contribution is 0.729. The molecule has 0 atom stereocenters. The Morgan fingerprint density at radius 3 is 2.06 bits per heavy atom. The highest BCUT2D eigenvalue weighted by atomic mass is 28.3. The summed E-state index contributed by atoms with van der Waals surface area (Å²) in [4.78, 5) is 3.78. The number of benzene rings is 1. The lowest BCUT2D eigenvalue weighted by Gasteiger charge is -2.38. The van der Waals surface area contributed by atoms with Crippen LogP contribution in [0, 0.1) is 20.4 Å². The van der Waals surface area contributed by atoms with Gasteiger partial charge in [0.2, 0.25) is 0 Å². The van der Waals surface area contributed by atoms with Crippen LogP contribution in [0.5, 0.6) is 0 Å². The van der Waals surface area contributed by atoms with Crippen LogP contribution < -0.4 is 5.19 Å². The van der Waals surface area contributed by atoms with E-state index in [0.717, 1.165) is 11.3 Å². The third-order valence-corrected chi connectivity index (χ3v) is 9.58. The molecule has 92 valence electrons. The van der Waals surface area contributed by atoms with E-state index in [2.05, 4.69) is 64.7 Å². The van der Waals surface area contributed by atoms with Crippen LogP contribution in [0.2, 0.25) is 18.1 Å². The Bertz CT molecular complexity index is 473. The molecule has 0 heterocycles. The van der Waals surface area contributed by atoms with Gasteiger partial charge in [0.05, 0.1) is 14.6 Å². The summed E-state index contributed by atoms with van der Waals surface area (Å²) in [5, 5.41) is 1.59. The molecule has 1 aromatic carbocycles. The average molecular weight is 245 g/mol. The fraction of sp³-hybridized carbons (Fsp3) is 0.533. The zero-order valence-electron chi connectivity index (χ0n) is 12.1. The molecule has 0 saturated heterocycles. The van der Waals surface area contributed by atoms with E-state index in [1.54, 1.807) is 0 Å². The van der Waals surface area contributed by atoms with Gasteiger partial charge < -0.3 is 0 Å². The van der Waals surface area contributed by atoms with Gasteiger partial charge in [-0.1, -0.05) is 56.7 Å². The molecule has 0 aliphatic carbocycles. The first-order valence-electron chi connectivity index (χ1n) is 6.10. The summed E-state index contributed by atoms with van der Waals surface area (Å²) < 4.78 is 0. The fourth-order valence-corrected chi connectivity index (χ4v) is 4.23. The van der Waals surface area contributed by atoms with Crippen molar-refractivity contribution in [3.63, 3.8) is 0 Å². The molecule has 0 bridgehead atoms. The third-order valence-electron chi connectivity index (χ3n) is 4.10. The predicted molar refractivity (Wildman–Crippen MR) is 79.0 cm³/mol. The summed E-state index contributed by atoms with van der Waals surface area (Å²) in [5.74, 6) is 0. The SMILES string of the molecule is [C-]#[N+]c1c(C)cc(C)cc1[Si](C)(C)C(C)(C)C. The molecule has 2 heteroatoms. The van der Waals surface area contributed by atoms with Crippen LogP contribution in [-0.4, -0.2) is 8.07 Å². The van der Waals surface area contributed by atoms with Crippen LogP contribution in [0.4, 0.5) is 5.69 Å². The van der Waals surface area contributed by atoms with Crippen molar-refractivity contribution in [1.82, 2.24) is 0 Å². The van der Waals surface area contributed by atoms with Crippen molar-refractivity contribution in [2.75, 3.05) is 0 Å². The van der Waals surface area contributed by atoms with Gasteiger partial charge in [0.25, 0.3) is 0 Å². The topological polar surface area (TPSA) is 4.36 Å². The summed E-state index contributed by atoms with van der Waals surface area (Å²) in [6.07, 6.45) is 0. The summed E-state index contributed by atoms with van der Waals surface area (Å²) in [6.45, 7) is 23.2. The van der Waals surface area contributed by atoms with Crippen LogP contribution in [0.3, 0.4) is 0 Å². The molecular formula is C15H23NSi. The Balaban J connectivity index is 3.57. The molecule has 0 aliphatic rings. The van der Waals surface area contributed by atoms with Gasteiger partial charge >= 0.3 is 0 Å². The normalized spacial score (nSPS) is 12.4. The van der Waals surface area contributed by atoms with Gasteiger partial charge in [0.1, 0.15) is 0 Å². The second-order valence-electron chi connectivity index (χ2n) is 6.46. The molecule has 1 rings (SSSR count). The van der Waals surface area contributed by atoms with Crippen LogP contribution in [-0.2, 0) is 0 Å². The Labute approximate surface area is 107 Å². The van der Waals surface area contributed by atoms with Crippen molar-refractivity contribution in [2.24, 2.45) is 0 Å². The van der Waals surface area contributed by atoms with Gasteiger partial charge in [0.15, 0.2) is 5.69 Å². The molecule has 0 spiro atoms. The molecule has 1 aromatic rings. The first-order valence-corrected chi connectivity index (χ1v) is 9.10. The van der Waals surface area contributed by atoms with Gasteiger partial charge in [-0.05, 0) is 24.4 Å². The maximum Gasteiger partial charge on any atom is 0.189 e. The summed E-state index contributed by atoms with van der Waals surface area (Å²) in [6, 6.07) is 4.35. The fourth-order valence-electron chi connectivity index (χ4n) is 1.99. The summed E-state index contributed by atoms with van der Waals surface area (Å²) in [5.41, 5.74) is 3.29. The van der Waals surface area contributed by atoms with Crippen molar-refractivity contribution in [1.29, 1.82) is 0 Å². The Hall–Kier alpha value is -1.07. The first kappa shape index (κ1) is 14.0. The largest absolute Gasteiger partial charge is 0.238 e. The number of hydrogen-bond acceptors (Lipinski definition) is 0. The number of aryl methyl sites for hydroxylation is 2. The van der Waals surface area contributed by atoms with Crippen LogP contribution >= 0.6 is 0 Å². The molecule has 17 heavy (non-hydrogen) atoms.